The van der Waals surface area contributed by atoms with Gasteiger partial charge in [-0.15, -0.1) is 0 Å². The Hall–Kier alpha value is -2.60. The summed E-state index contributed by atoms with van der Waals surface area (Å²) in [7, 11) is -0.780. The van der Waals surface area contributed by atoms with Crippen LogP contribution in [0.15, 0.2) is 53.4 Å². The lowest BCUT2D eigenvalue weighted by atomic mass is 10.1. The zero-order valence-electron chi connectivity index (χ0n) is 13.6. The molecule has 2 rings (SSSR count). The number of carbonyl (C=O) groups excluding carboxylic acids is 1. The normalized spacial score (nSPS) is 11.5. The van der Waals surface area contributed by atoms with Gasteiger partial charge in [-0.1, -0.05) is 36.4 Å². The number of allylic oxidation sites excluding steroid dienone is 1. The van der Waals surface area contributed by atoms with Crippen molar-refractivity contribution >= 4 is 21.7 Å². The predicted molar refractivity (Wildman–Crippen MR) is 92.5 cm³/mol. The Morgan fingerprint density at radius 3 is 2.17 bits per heavy atom. The molecule has 0 saturated carbocycles. The van der Waals surface area contributed by atoms with Gasteiger partial charge in [-0.2, -0.15) is 0 Å². The number of rotatable bonds is 6. The Labute approximate surface area is 141 Å². The lowest BCUT2D eigenvalue weighted by Gasteiger charge is -2.12. The van der Waals surface area contributed by atoms with Crippen molar-refractivity contribution in [3.8, 4) is 11.5 Å². The molecule has 126 valence electrons. The Morgan fingerprint density at radius 2 is 1.62 bits per heavy atom. The average molecular weight is 346 g/mol. The molecule has 0 aliphatic carbocycles. The summed E-state index contributed by atoms with van der Waals surface area (Å²) in [6.07, 6.45) is 4.10. The van der Waals surface area contributed by atoms with Crippen molar-refractivity contribution in [2.75, 3.05) is 20.5 Å². The molecule has 0 fully saturated rings. The van der Waals surface area contributed by atoms with Gasteiger partial charge in [0.1, 0.15) is 16.4 Å². The summed E-state index contributed by atoms with van der Waals surface area (Å²) < 4.78 is 34.1. The molecule has 0 aliphatic rings. The van der Waals surface area contributed by atoms with Gasteiger partial charge in [0.05, 0.1) is 19.8 Å². The first-order valence-electron chi connectivity index (χ1n) is 7.10. The number of benzene rings is 2. The summed E-state index contributed by atoms with van der Waals surface area (Å²) in [6, 6.07) is 12.0. The summed E-state index contributed by atoms with van der Waals surface area (Å²) in [4.78, 5) is 12.4. The lowest BCUT2D eigenvalue weighted by molar-refractivity contribution is 0.104. The molecule has 6 heteroatoms. The standard InChI is InChI=1S/C18H18O5S/c1-22-16-12-17(23-2)18(24(3,20)21)11-14(16)15(19)10-9-13-7-5-4-6-8-13/h4-12H,1-3H3/b10-9+. The Kier molecular flexibility index (Phi) is 5.41. The summed E-state index contributed by atoms with van der Waals surface area (Å²) in [5, 5.41) is 0. The number of hydrogen-bond acceptors (Lipinski definition) is 5. The molecule has 0 amide bonds. The molecule has 24 heavy (non-hydrogen) atoms. The van der Waals surface area contributed by atoms with Crippen LogP contribution < -0.4 is 9.47 Å². The van der Waals surface area contributed by atoms with Crippen molar-refractivity contribution in [2.24, 2.45) is 0 Å². The number of ketones is 1. The van der Waals surface area contributed by atoms with Gasteiger partial charge in [0.25, 0.3) is 0 Å². The number of sulfone groups is 1. The lowest BCUT2D eigenvalue weighted by Crippen LogP contribution is -2.06. The molecule has 0 atom stereocenters. The van der Waals surface area contributed by atoms with Crippen molar-refractivity contribution in [2.45, 2.75) is 4.90 Å². The highest BCUT2D eigenvalue weighted by Crippen LogP contribution is 2.32. The molecule has 0 unspecified atom stereocenters. The third kappa shape index (κ3) is 4.02. The van der Waals surface area contributed by atoms with Crippen molar-refractivity contribution in [3.05, 3.63) is 59.7 Å². The van der Waals surface area contributed by atoms with Crippen molar-refractivity contribution < 1.29 is 22.7 Å². The molecule has 0 spiro atoms. The second-order valence-electron chi connectivity index (χ2n) is 5.08. The minimum absolute atomic E-state index is 0.0535. The Bertz CT molecular complexity index is 868. The van der Waals surface area contributed by atoms with Gasteiger partial charge in [-0.25, -0.2) is 8.42 Å². The number of ether oxygens (including phenoxy) is 2. The van der Waals surface area contributed by atoms with Crippen LogP contribution in [-0.2, 0) is 9.84 Å². The van der Waals surface area contributed by atoms with Crippen LogP contribution in [-0.4, -0.2) is 34.7 Å². The summed E-state index contributed by atoms with van der Waals surface area (Å²) >= 11 is 0. The molecule has 0 saturated heterocycles. The second-order valence-corrected chi connectivity index (χ2v) is 7.07. The van der Waals surface area contributed by atoms with E-state index in [-0.39, 0.29) is 27.7 Å². The molecular formula is C18H18O5S. The van der Waals surface area contributed by atoms with Crippen LogP contribution in [0.4, 0.5) is 0 Å². The molecule has 0 N–H and O–H groups in total. The van der Waals surface area contributed by atoms with E-state index in [1.54, 1.807) is 6.08 Å². The first-order valence-corrected chi connectivity index (χ1v) is 8.99. The van der Waals surface area contributed by atoms with E-state index in [4.69, 9.17) is 9.47 Å². The smallest absolute Gasteiger partial charge is 0.189 e. The molecule has 0 aliphatic heterocycles. The minimum Gasteiger partial charge on any atom is -0.496 e. The van der Waals surface area contributed by atoms with Crippen molar-refractivity contribution in [1.82, 2.24) is 0 Å². The summed E-state index contributed by atoms with van der Waals surface area (Å²) in [5.41, 5.74) is 1.02. The summed E-state index contributed by atoms with van der Waals surface area (Å²) in [5.74, 6) is 0.0307. The van der Waals surface area contributed by atoms with E-state index in [2.05, 4.69) is 0 Å². The van der Waals surface area contributed by atoms with Crippen LogP contribution in [0.25, 0.3) is 6.08 Å². The van der Waals surface area contributed by atoms with Gasteiger partial charge < -0.3 is 9.47 Å². The maximum atomic E-state index is 12.5. The third-order valence-electron chi connectivity index (χ3n) is 3.38. The molecule has 5 nitrogen and oxygen atoms in total. The van der Waals surface area contributed by atoms with Gasteiger partial charge in [0.15, 0.2) is 15.6 Å². The Morgan fingerprint density at radius 1 is 1.00 bits per heavy atom. The van der Waals surface area contributed by atoms with Crippen LogP contribution in [0.5, 0.6) is 11.5 Å². The molecule has 0 bridgehead atoms. The maximum absolute atomic E-state index is 12.5. The van der Waals surface area contributed by atoms with Gasteiger partial charge in [0.2, 0.25) is 0 Å². The van der Waals surface area contributed by atoms with Gasteiger partial charge in [-0.05, 0) is 17.7 Å². The predicted octanol–water partition coefficient (Wildman–Crippen LogP) is 3.00. The molecule has 2 aromatic rings. The fourth-order valence-electron chi connectivity index (χ4n) is 2.18. The average Bonchev–Trinajstić information content (AvgIpc) is 2.58. The quantitative estimate of drug-likeness (QED) is 0.594. The Balaban J connectivity index is 2.48. The molecule has 0 aromatic heterocycles. The highest BCUT2D eigenvalue weighted by Gasteiger charge is 2.21. The highest BCUT2D eigenvalue weighted by molar-refractivity contribution is 7.90. The van der Waals surface area contributed by atoms with E-state index in [9.17, 15) is 13.2 Å². The highest BCUT2D eigenvalue weighted by atomic mass is 32.2. The zero-order valence-corrected chi connectivity index (χ0v) is 14.5. The number of hydrogen-bond donors (Lipinski definition) is 0. The molecule has 0 radical (unpaired) electrons. The minimum atomic E-state index is -3.55. The van der Waals surface area contributed by atoms with Crippen LogP contribution in [0.3, 0.4) is 0 Å². The van der Waals surface area contributed by atoms with Gasteiger partial charge in [0, 0.05) is 12.3 Å². The summed E-state index contributed by atoms with van der Waals surface area (Å²) in [6.45, 7) is 0. The van der Waals surface area contributed by atoms with Crippen molar-refractivity contribution in [3.63, 3.8) is 0 Å². The molecule has 0 heterocycles. The first-order chi connectivity index (χ1) is 11.4. The van der Waals surface area contributed by atoms with E-state index in [1.807, 2.05) is 30.3 Å². The van der Waals surface area contributed by atoms with Crippen LogP contribution in [0.1, 0.15) is 15.9 Å². The maximum Gasteiger partial charge on any atom is 0.189 e. The van der Waals surface area contributed by atoms with Crippen LogP contribution >= 0.6 is 0 Å². The first kappa shape index (κ1) is 17.7. The van der Waals surface area contributed by atoms with E-state index in [0.29, 0.717) is 0 Å². The third-order valence-corrected chi connectivity index (χ3v) is 4.50. The van der Waals surface area contributed by atoms with E-state index >= 15 is 0 Å². The van der Waals surface area contributed by atoms with Gasteiger partial charge in [-0.3, -0.25) is 4.79 Å². The fraction of sp³-hybridized carbons (Fsp3) is 0.167. The van der Waals surface area contributed by atoms with Crippen molar-refractivity contribution in [1.29, 1.82) is 0 Å². The van der Waals surface area contributed by atoms with Crippen LogP contribution in [0, 0.1) is 0 Å². The van der Waals surface area contributed by atoms with E-state index < -0.39 is 9.84 Å². The largest absolute Gasteiger partial charge is 0.496 e. The second kappa shape index (κ2) is 7.31. The van der Waals surface area contributed by atoms with E-state index in [0.717, 1.165) is 11.8 Å². The SMILES string of the molecule is COc1cc(OC)c(S(C)(=O)=O)cc1C(=O)/C=C/c1ccccc1. The monoisotopic (exact) mass is 346 g/mol. The zero-order chi connectivity index (χ0) is 17.7. The fourth-order valence-corrected chi connectivity index (χ4v) is 3.02. The van der Waals surface area contributed by atoms with E-state index in [1.165, 1.54) is 32.4 Å². The topological polar surface area (TPSA) is 69.7 Å². The number of methoxy groups -OCH3 is 2. The molecule has 2 aromatic carbocycles. The molecular weight excluding hydrogens is 328 g/mol. The van der Waals surface area contributed by atoms with Crippen LogP contribution in [0.2, 0.25) is 0 Å². The number of carbonyl (C=O) groups is 1. The van der Waals surface area contributed by atoms with Gasteiger partial charge >= 0.3 is 0 Å².